The van der Waals surface area contributed by atoms with Gasteiger partial charge in [-0.15, -0.1) is 0 Å². The summed E-state index contributed by atoms with van der Waals surface area (Å²) in [5.41, 5.74) is 3.63. The van der Waals surface area contributed by atoms with Gasteiger partial charge in [0, 0.05) is 18.7 Å². The van der Waals surface area contributed by atoms with Crippen molar-refractivity contribution in [2.45, 2.75) is 40.3 Å². The first kappa shape index (κ1) is 20.6. The quantitative estimate of drug-likeness (QED) is 0.648. The molecule has 152 valence electrons. The molecule has 3 aromatic rings. The van der Waals surface area contributed by atoms with Gasteiger partial charge in [0.1, 0.15) is 11.9 Å². The van der Waals surface area contributed by atoms with E-state index in [1.54, 1.807) is 12.1 Å². The molecule has 0 saturated carbocycles. The summed E-state index contributed by atoms with van der Waals surface area (Å²) < 4.78 is 2.09. The maximum Gasteiger partial charge on any atom is 0.251 e. The molecule has 2 amide bonds. The summed E-state index contributed by atoms with van der Waals surface area (Å²) in [6.45, 7) is 8.86. The molecule has 0 spiro atoms. The fourth-order valence-electron chi connectivity index (χ4n) is 3.34. The predicted octanol–water partition coefficient (Wildman–Crippen LogP) is 3.22. The van der Waals surface area contributed by atoms with Crippen LogP contribution >= 0.6 is 0 Å². The third-order valence-electron chi connectivity index (χ3n) is 5.03. The van der Waals surface area contributed by atoms with Crippen LogP contribution in [0.3, 0.4) is 0 Å². The number of para-hydroxylation sites is 2. The molecular formula is C23H28N4O2. The lowest BCUT2D eigenvalue weighted by molar-refractivity contribution is -0.123. The summed E-state index contributed by atoms with van der Waals surface area (Å²) in [5.74, 6) is 0.464. The van der Waals surface area contributed by atoms with Crippen molar-refractivity contribution in [3.63, 3.8) is 0 Å². The molecule has 1 heterocycles. The first-order chi connectivity index (χ1) is 13.9. The molecule has 1 aromatic heterocycles. The van der Waals surface area contributed by atoms with Gasteiger partial charge in [0.15, 0.2) is 0 Å². The van der Waals surface area contributed by atoms with E-state index < -0.39 is 6.04 Å². The number of amides is 2. The highest BCUT2D eigenvalue weighted by molar-refractivity contribution is 5.97. The summed E-state index contributed by atoms with van der Waals surface area (Å²) in [7, 11) is 0. The number of benzene rings is 2. The van der Waals surface area contributed by atoms with Crippen molar-refractivity contribution < 1.29 is 9.59 Å². The minimum Gasteiger partial charge on any atom is -0.353 e. The van der Waals surface area contributed by atoms with Crippen molar-refractivity contribution in [1.82, 2.24) is 20.2 Å². The lowest BCUT2D eigenvalue weighted by Gasteiger charge is -2.22. The van der Waals surface area contributed by atoms with Gasteiger partial charge in [-0.1, -0.05) is 43.7 Å². The molecule has 0 aliphatic rings. The Morgan fingerprint density at radius 1 is 1.03 bits per heavy atom. The third-order valence-corrected chi connectivity index (χ3v) is 5.03. The van der Waals surface area contributed by atoms with Gasteiger partial charge in [-0.2, -0.15) is 0 Å². The Bertz CT molecular complexity index is 1010. The summed E-state index contributed by atoms with van der Waals surface area (Å²) in [6, 6.07) is 14.7. The molecule has 6 heteroatoms. The van der Waals surface area contributed by atoms with Crippen LogP contribution in [-0.2, 0) is 11.3 Å². The molecule has 2 N–H and O–H groups in total. The monoisotopic (exact) mass is 392 g/mol. The molecule has 2 aromatic carbocycles. The number of nitrogens with one attached hydrogen (secondary N) is 2. The molecule has 6 nitrogen and oxygen atoms in total. The molecule has 1 atom stereocenters. The first-order valence-electron chi connectivity index (χ1n) is 9.94. The fourth-order valence-corrected chi connectivity index (χ4v) is 3.34. The van der Waals surface area contributed by atoms with Crippen molar-refractivity contribution in [2.24, 2.45) is 5.92 Å². The first-order valence-corrected chi connectivity index (χ1v) is 9.94. The standard InChI is InChI=1S/C23H28N4O2/c1-15(2)21(26-22(28)18-11-9-16(3)10-12-18)23(29)24-13-14-27-17(4)25-19-7-5-6-8-20(19)27/h5-12,15,21H,13-14H2,1-4H3,(H,24,29)(H,26,28). The fraction of sp³-hybridized carbons (Fsp3) is 0.348. The highest BCUT2D eigenvalue weighted by Crippen LogP contribution is 2.15. The smallest absolute Gasteiger partial charge is 0.251 e. The van der Waals surface area contributed by atoms with Crippen molar-refractivity contribution in [3.8, 4) is 0 Å². The van der Waals surface area contributed by atoms with Gasteiger partial charge < -0.3 is 15.2 Å². The summed E-state index contributed by atoms with van der Waals surface area (Å²) in [6.07, 6.45) is 0. The SMILES string of the molecule is Cc1ccc(C(=O)NC(C(=O)NCCn2c(C)nc3ccccc32)C(C)C)cc1. The second-order valence-corrected chi connectivity index (χ2v) is 7.65. The average molecular weight is 393 g/mol. The second-order valence-electron chi connectivity index (χ2n) is 7.65. The lowest BCUT2D eigenvalue weighted by atomic mass is 10.0. The Morgan fingerprint density at radius 3 is 2.41 bits per heavy atom. The van der Waals surface area contributed by atoms with Gasteiger partial charge in [-0.25, -0.2) is 4.98 Å². The zero-order valence-corrected chi connectivity index (χ0v) is 17.4. The van der Waals surface area contributed by atoms with E-state index in [4.69, 9.17) is 0 Å². The number of aryl methyl sites for hydroxylation is 2. The Labute approximate surface area is 171 Å². The van der Waals surface area contributed by atoms with Gasteiger partial charge in [0.05, 0.1) is 11.0 Å². The molecule has 29 heavy (non-hydrogen) atoms. The largest absolute Gasteiger partial charge is 0.353 e. The molecule has 0 fully saturated rings. The second kappa shape index (κ2) is 8.90. The van der Waals surface area contributed by atoms with Crippen molar-refractivity contribution >= 4 is 22.8 Å². The molecule has 0 aliphatic heterocycles. The zero-order valence-electron chi connectivity index (χ0n) is 17.4. The van der Waals surface area contributed by atoms with E-state index in [2.05, 4.69) is 20.2 Å². The van der Waals surface area contributed by atoms with E-state index in [0.717, 1.165) is 22.4 Å². The maximum absolute atomic E-state index is 12.7. The summed E-state index contributed by atoms with van der Waals surface area (Å²) in [4.78, 5) is 29.8. The summed E-state index contributed by atoms with van der Waals surface area (Å²) in [5, 5.41) is 5.82. The van der Waals surface area contributed by atoms with Crippen LogP contribution in [0, 0.1) is 19.8 Å². The number of carbonyl (C=O) groups is 2. The molecule has 0 saturated heterocycles. The van der Waals surface area contributed by atoms with E-state index >= 15 is 0 Å². The van der Waals surface area contributed by atoms with E-state index in [9.17, 15) is 9.59 Å². The Kier molecular flexibility index (Phi) is 6.32. The van der Waals surface area contributed by atoms with E-state index in [0.29, 0.717) is 18.7 Å². The minimum absolute atomic E-state index is 0.0276. The molecular weight excluding hydrogens is 364 g/mol. The van der Waals surface area contributed by atoms with Gasteiger partial charge in [-0.3, -0.25) is 9.59 Å². The van der Waals surface area contributed by atoms with Crippen LogP contribution in [0.2, 0.25) is 0 Å². The number of rotatable bonds is 7. The zero-order chi connectivity index (χ0) is 21.0. The van der Waals surface area contributed by atoms with Crippen LogP contribution in [0.4, 0.5) is 0 Å². The third kappa shape index (κ3) is 4.83. The van der Waals surface area contributed by atoms with Gasteiger partial charge in [0.2, 0.25) is 5.91 Å². The molecule has 0 radical (unpaired) electrons. The number of hydrogen-bond donors (Lipinski definition) is 2. The van der Waals surface area contributed by atoms with Crippen molar-refractivity contribution in [3.05, 3.63) is 65.5 Å². The highest BCUT2D eigenvalue weighted by atomic mass is 16.2. The van der Waals surface area contributed by atoms with Crippen LogP contribution in [0.15, 0.2) is 48.5 Å². The van der Waals surface area contributed by atoms with Crippen LogP contribution in [0.25, 0.3) is 11.0 Å². The average Bonchev–Trinajstić information content (AvgIpc) is 3.01. The number of hydrogen-bond acceptors (Lipinski definition) is 3. The van der Waals surface area contributed by atoms with Crippen LogP contribution in [0.1, 0.15) is 35.6 Å². The van der Waals surface area contributed by atoms with Gasteiger partial charge >= 0.3 is 0 Å². The Balaban J connectivity index is 1.61. The lowest BCUT2D eigenvalue weighted by Crippen LogP contribution is -2.50. The van der Waals surface area contributed by atoms with E-state index in [-0.39, 0.29) is 17.7 Å². The number of aromatic nitrogens is 2. The number of fused-ring (bicyclic) bond motifs is 1. The van der Waals surface area contributed by atoms with Crippen LogP contribution in [0.5, 0.6) is 0 Å². The predicted molar refractivity (Wildman–Crippen MR) is 115 cm³/mol. The van der Waals surface area contributed by atoms with Gasteiger partial charge in [0.25, 0.3) is 5.91 Å². The van der Waals surface area contributed by atoms with E-state index in [1.807, 2.05) is 64.1 Å². The van der Waals surface area contributed by atoms with Crippen LogP contribution in [-0.4, -0.2) is 34.0 Å². The molecule has 3 rings (SSSR count). The number of imidazole rings is 1. The number of carbonyl (C=O) groups excluding carboxylic acids is 2. The molecule has 1 unspecified atom stereocenters. The Morgan fingerprint density at radius 2 is 1.72 bits per heavy atom. The van der Waals surface area contributed by atoms with Crippen LogP contribution < -0.4 is 10.6 Å². The number of nitrogens with zero attached hydrogens (tertiary/aromatic N) is 2. The Hall–Kier alpha value is -3.15. The topological polar surface area (TPSA) is 76.0 Å². The maximum atomic E-state index is 12.7. The van der Waals surface area contributed by atoms with E-state index in [1.165, 1.54) is 0 Å². The summed E-state index contributed by atoms with van der Waals surface area (Å²) >= 11 is 0. The molecule has 0 aliphatic carbocycles. The molecule has 0 bridgehead atoms. The van der Waals surface area contributed by atoms with Crippen molar-refractivity contribution in [2.75, 3.05) is 6.54 Å². The normalized spacial score (nSPS) is 12.2. The highest BCUT2D eigenvalue weighted by Gasteiger charge is 2.24. The minimum atomic E-state index is -0.593. The van der Waals surface area contributed by atoms with Crippen molar-refractivity contribution in [1.29, 1.82) is 0 Å². The van der Waals surface area contributed by atoms with Gasteiger partial charge in [-0.05, 0) is 44.0 Å².